The summed E-state index contributed by atoms with van der Waals surface area (Å²) in [5.41, 5.74) is 1.99. The molecule has 6 heteroatoms. The van der Waals surface area contributed by atoms with Crippen LogP contribution in [0, 0.1) is 0 Å². The second-order valence-electron chi connectivity index (χ2n) is 6.22. The molecule has 0 amide bonds. The standard InChI is InChI=1S/C15H21ClN4O/c1-10-7-13(21-15(10,2)3)11-8-12(16)14(17-9-11)20-18-5-6-19(20)4/h5,9,12-13H,1,6-8H2,2-4H3. The number of ether oxygens (including phenoxy) is 1. The molecule has 5 nitrogen and oxygen atoms in total. The summed E-state index contributed by atoms with van der Waals surface area (Å²) >= 11 is 6.52. The SMILES string of the molecule is C=C1CC(C2=CN=C(N3N=CCN3C)C(Cl)C2)OC1(C)C. The molecule has 21 heavy (non-hydrogen) atoms. The van der Waals surface area contributed by atoms with E-state index in [1.807, 2.05) is 24.5 Å². The molecule has 0 aromatic heterocycles. The summed E-state index contributed by atoms with van der Waals surface area (Å²) < 4.78 is 6.08. The van der Waals surface area contributed by atoms with Crippen molar-refractivity contribution in [2.75, 3.05) is 13.6 Å². The van der Waals surface area contributed by atoms with Crippen LogP contribution in [0.3, 0.4) is 0 Å². The van der Waals surface area contributed by atoms with Crippen molar-refractivity contribution in [1.82, 2.24) is 10.1 Å². The van der Waals surface area contributed by atoms with Gasteiger partial charge in [0.2, 0.25) is 0 Å². The van der Waals surface area contributed by atoms with E-state index in [-0.39, 0.29) is 17.1 Å². The molecule has 0 spiro atoms. The molecule has 3 aliphatic heterocycles. The lowest BCUT2D eigenvalue weighted by atomic mass is 9.95. The van der Waals surface area contributed by atoms with Gasteiger partial charge in [0.05, 0.1) is 23.6 Å². The van der Waals surface area contributed by atoms with Gasteiger partial charge in [0.15, 0.2) is 5.84 Å². The minimum absolute atomic E-state index is 0.0406. The largest absolute Gasteiger partial charge is 0.363 e. The number of alkyl halides is 1. The second kappa shape index (κ2) is 5.23. The van der Waals surface area contributed by atoms with Crippen molar-refractivity contribution in [2.45, 2.75) is 43.8 Å². The first kappa shape index (κ1) is 14.8. The van der Waals surface area contributed by atoms with Gasteiger partial charge in [-0.25, -0.2) is 4.99 Å². The zero-order valence-electron chi connectivity index (χ0n) is 12.7. The highest BCUT2D eigenvalue weighted by molar-refractivity contribution is 6.32. The summed E-state index contributed by atoms with van der Waals surface area (Å²) in [4.78, 5) is 4.53. The molecule has 2 unspecified atom stereocenters. The van der Waals surface area contributed by atoms with Crippen molar-refractivity contribution in [3.8, 4) is 0 Å². The quantitative estimate of drug-likeness (QED) is 0.552. The Bertz CT molecular complexity index is 552. The molecule has 1 saturated heterocycles. The lowest BCUT2D eigenvalue weighted by Crippen LogP contribution is -2.42. The van der Waals surface area contributed by atoms with Crippen LogP contribution >= 0.6 is 11.6 Å². The Morgan fingerprint density at radius 2 is 2.19 bits per heavy atom. The minimum atomic E-state index is -0.267. The number of hydrazone groups is 1. The lowest BCUT2D eigenvalue weighted by molar-refractivity contribution is 0.0127. The number of halogens is 1. The van der Waals surface area contributed by atoms with Crippen molar-refractivity contribution in [3.05, 3.63) is 23.9 Å². The number of hydrogen-bond donors (Lipinski definition) is 0. The van der Waals surface area contributed by atoms with Gasteiger partial charge in [-0.15, -0.1) is 11.6 Å². The number of nitrogens with zero attached hydrogens (tertiary/aromatic N) is 4. The summed E-state index contributed by atoms with van der Waals surface area (Å²) in [6.45, 7) is 8.99. The molecule has 0 bridgehead atoms. The molecule has 3 heterocycles. The van der Waals surface area contributed by atoms with Crippen LogP contribution in [0.1, 0.15) is 26.7 Å². The fraction of sp³-hybridized carbons (Fsp3) is 0.600. The first-order valence-electron chi connectivity index (χ1n) is 7.19. The van der Waals surface area contributed by atoms with Crippen LogP contribution < -0.4 is 0 Å². The van der Waals surface area contributed by atoms with E-state index in [0.717, 1.165) is 36.4 Å². The predicted molar refractivity (Wildman–Crippen MR) is 85.4 cm³/mol. The van der Waals surface area contributed by atoms with Gasteiger partial charge in [-0.05, 0) is 31.4 Å². The summed E-state index contributed by atoms with van der Waals surface area (Å²) in [6.07, 6.45) is 5.34. The van der Waals surface area contributed by atoms with Crippen molar-refractivity contribution in [3.63, 3.8) is 0 Å². The fourth-order valence-corrected chi connectivity index (χ4v) is 3.08. The number of rotatable bonds is 1. The minimum Gasteiger partial charge on any atom is -0.363 e. The normalized spacial score (nSPS) is 32.6. The van der Waals surface area contributed by atoms with E-state index in [1.165, 1.54) is 0 Å². The Balaban J connectivity index is 1.78. The van der Waals surface area contributed by atoms with E-state index in [2.05, 4.69) is 30.5 Å². The third kappa shape index (κ3) is 2.65. The van der Waals surface area contributed by atoms with Gasteiger partial charge in [0.1, 0.15) is 0 Å². The van der Waals surface area contributed by atoms with Crippen LogP contribution in [-0.2, 0) is 4.74 Å². The lowest BCUT2D eigenvalue weighted by Gasteiger charge is -2.30. The van der Waals surface area contributed by atoms with E-state index in [0.29, 0.717) is 0 Å². The Morgan fingerprint density at radius 3 is 2.71 bits per heavy atom. The molecular weight excluding hydrogens is 288 g/mol. The first-order chi connectivity index (χ1) is 9.88. The maximum Gasteiger partial charge on any atom is 0.161 e. The molecule has 0 aromatic rings. The Morgan fingerprint density at radius 1 is 1.43 bits per heavy atom. The van der Waals surface area contributed by atoms with Crippen molar-refractivity contribution in [1.29, 1.82) is 0 Å². The average molecular weight is 309 g/mol. The van der Waals surface area contributed by atoms with Gasteiger partial charge < -0.3 is 4.74 Å². The first-order valence-corrected chi connectivity index (χ1v) is 7.62. The smallest absolute Gasteiger partial charge is 0.161 e. The van der Waals surface area contributed by atoms with Crippen LogP contribution in [0.2, 0.25) is 0 Å². The van der Waals surface area contributed by atoms with Crippen LogP contribution in [0.15, 0.2) is 34.0 Å². The number of hydrogen-bond acceptors (Lipinski definition) is 5. The van der Waals surface area contributed by atoms with Crippen molar-refractivity contribution < 1.29 is 4.74 Å². The van der Waals surface area contributed by atoms with Crippen LogP contribution in [-0.4, -0.2) is 52.9 Å². The summed E-state index contributed by atoms with van der Waals surface area (Å²) in [5.74, 6) is 0.771. The third-order valence-corrected chi connectivity index (χ3v) is 4.61. The van der Waals surface area contributed by atoms with Gasteiger partial charge in [0.25, 0.3) is 0 Å². The molecule has 3 aliphatic rings. The number of aliphatic imine (C=N–C) groups is 1. The highest BCUT2D eigenvalue weighted by atomic mass is 35.5. The summed E-state index contributed by atoms with van der Waals surface area (Å²) in [7, 11) is 1.96. The Kier molecular flexibility index (Phi) is 3.67. The molecule has 2 atom stereocenters. The average Bonchev–Trinajstić information content (AvgIpc) is 2.94. The third-order valence-electron chi connectivity index (χ3n) is 4.26. The number of amidine groups is 1. The van der Waals surface area contributed by atoms with Gasteiger partial charge in [-0.2, -0.15) is 15.2 Å². The Hall–Kier alpha value is -1.17. The zero-order chi connectivity index (χ0) is 15.2. The molecular formula is C15H21ClN4O. The van der Waals surface area contributed by atoms with Gasteiger partial charge in [-0.3, -0.25) is 0 Å². The molecule has 3 rings (SSSR count). The van der Waals surface area contributed by atoms with Gasteiger partial charge >= 0.3 is 0 Å². The molecule has 0 saturated carbocycles. The topological polar surface area (TPSA) is 40.4 Å². The van der Waals surface area contributed by atoms with E-state index in [9.17, 15) is 0 Å². The summed E-state index contributed by atoms with van der Waals surface area (Å²) in [6, 6.07) is 0. The maximum atomic E-state index is 6.52. The van der Waals surface area contributed by atoms with E-state index in [4.69, 9.17) is 16.3 Å². The van der Waals surface area contributed by atoms with Crippen LogP contribution in [0.25, 0.3) is 0 Å². The summed E-state index contributed by atoms with van der Waals surface area (Å²) in [5, 5.41) is 7.84. The van der Waals surface area contributed by atoms with Crippen molar-refractivity contribution in [2.24, 2.45) is 10.1 Å². The molecule has 114 valence electrons. The van der Waals surface area contributed by atoms with Crippen molar-refractivity contribution >= 4 is 23.7 Å². The van der Waals surface area contributed by atoms with Gasteiger partial charge in [0, 0.05) is 25.9 Å². The Labute approximate surface area is 130 Å². The van der Waals surface area contributed by atoms with E-state index < -0.39 is 0 Å². The predicted octanol–water partition coefficient (Wildman–Crippen LogP) is 2.55. The van der Waals surface area contributed by atoms with Crippen LogP contribution in [0.5, 0.6) is 0 Å². The highest BCUT2D eigenvalue weighted by Crippen LogP contribution is 2.39. The van der Waals surface area contributed by atoms with Gasteiger partial charge in [-0.1, -0.05) is 6.58 Å². The number of hydrazine groups is 1. The molecule has 0 N–H and O–H groups in total. The molecule has 0 aromatic carbocycles. The van der Waals surface area contributed by atoms with E-state index >= 15 is 0 Å². The zero-order valence-corrected chi connectivity index (χ0v) is 13.5. The monoisotopic (exact) mass is 308 g/mol. The maximum absolute atomic E-state index is 6.52. The highest BCUT2D eigenvalue weighted by Gasteiger charge is 2.39. The van der Waals surface area contributed by atoms with E-state index in [1.54, 1.807) is 5.12 Å². The van der Waals surface area contributed by atoms with Crippen LogP contribution in [0.4, 0.5) is 0 Å². The second-order valence-corrected chi connectivity index (χ2v) is 6.74. The molecule has 0 radical (unpaired) electrons. The fourth-order valence-electron chi connectivity index (χ4n) is 2.76. The molecule has 1 fully saturated rings. The molecule has 0 aliphatic carbocycles.